The van der Waals surface area contributed by atoms with Crippen LogP contribution in [0.5, 0.6) is 0 Å². The van der Waals surface area contributed by atoms with Crippen molar-refractivity contribution in [3.8, 4) is 0 Å². The number of fused-ring (bicyclic) bond motifs is 1. The van der Waals surface area contributed by atoms with Crippen molar-refractivity contribution in [2.24, 2.45) is 11.8 Å². The lowest BCUT2D eigenvalue weighted by Gasteiger charge is -2.39. The minimum Gasteiger partial charge on any atom is -0.301 e. The molecular weight excluding hydrogens is 246 g/mol. The first-order valence-electron chi connectivity index (χ1n) is 8.76. The van der Waals surface area contributed by atoms with Crippen LogP contribution in [0.2, 0.25) is 0 Å². The van der Waals surface area contributed by atoms with Crippen LogP contribution in [0.25, 0.3) is 0 Å². The molecule has 0 aromatic carbocycles. The van der Waals surface area contributed by atoms with Crippen molar-refractivity contribution < 1.29 is 0 Å². The Morgan fingerprint density at radius 2 is 1.20 bits per heavy atom. The molecule has 3 saturated heterocycles. The molecule has 0 spiro atoms. The van der Waals surface area contributed by atoms with E-state index in [0.29, 0.717) is 0 Å². The van der Waals surface area contributed by atoms with Crippen LogP contribution < -0.4 is 0 Å². The normalized spacial score (nSPS) is 34.5. The lowest BCUT2D eigenvalue weighted by atomic mass is 10.0. The quantitative estimate of drug-likeness (QED) is 0.783. The molecule has 3 nitrogen and oxygen atoms in total. The lowest BCUT2D eigenvalue weighted by Crippen LogP contribution is -2.47. The highest BCUT2D eigenvalue weighted by atomic mass is 15.3. The van der Waals surface area contributed by atoms with Crippen molar-refractivity contribution in [3.63, 3.8) is 0 Å². The highest BCUT2D eigenvalue weighted by molar-refractivity contribution is 4.96. The third-order valence-electron chi connectivity index (χ3n) is 6.02. The van der Waals surface area contributed by atoms with Crippen LogP contribution in [-0.4, -0.2) is 72.1 Å². The molecule has 0 saturated carbocycles. The molecule has 0 aromatic rings. The summed E-state index contributed by atoms with van der Waals surface area (Å²) >= 11 is 0. The molecule has 3 heteroatoms. The Hall–Kier alpha value is -0.120. The van der Waals surface area contributed by atoms with Crippen molar-refractivity contribution >= 4 is 0 Å². The van der Waals surface area contributed by atoms with Gasteiger partial charge in [0.05, 0.1) is 0 Å². The van der Waals surface area contributed by atoms with Gasteiger partial charge in [0.2, 0.25) is 0 Å². The van der Waals surface area contributed by atoms with Gasteiger partial charge in [0.25, 0.3) is 0 Å². The first-order valence-corrected chi connectivity index (χ1v) is 8.76. The summed E-state index contributed by atoms with van der Waals surface area (Å²) in [5.74, 6) is 1.92. The van der Waals surface area contributed by atoms with Crippen molar-refractivity contribution in [1.82, 2.24) is 14.7 Å². The fourth-order valence-corrected chi connectivity index (χ4v) is 4.55. The predicted octanol–water partition coefficient (Wildman–Crippen LogP) is 2.13. The summed E-state index contributed by atoms with van der Waals surface area (Å²) in [7, 11) is 0. The Kier molecular flexibility index (Phi) is 4.40. The molecule has 2 atom stereocenters. The molecule has 3 rings (SSSR count). The summed E-state index contributed by atoms with van der Waals surface area (Å²) in [6.45, 7) is 17.4. The molecule has 20 heavy (non-hydrogen) atoms. The van der Waals surface area contributed by atoms with E-state index >= 15 is 0 Å². The smallest absolute Gasteiger partial charge is 0.0120 e. The van der Waals surface area contributed by atoms with Gasteiger partial charge in [-0.25, -0.2) is 0 Å². The van der Waals surface area contributed by atoms with E-state index in [1.54, 1.807) is 0 Å². The van der Waals surface area contributed by atoms with Crippen molar-refractivity contribution in [2.45, 2.75) is 58.7 Å². The predicted molar refractivity (Wildman–Crippen MR) is 85.0 cm³/mol. The Morgan fingerprint density at radius 3 is 1.65 bits per heavy atom. The largest absolute Gasteiger partial charge is 0.301 e. The molecule has 0 bridgehead atoms. The van der Waals surface area contributed by atoms with Gasteiger partial charge in [-0.05, 0) is 65.5 Å². The van der Waals surface area contributed by atoms with E-state index in [9.17, 15) is 0 Å². The van der Waals surface area contributed by atoms with Gasteiger partial charge in [-0.3, -0.25) is 4.90 Å². The molecule has 0 aliphatic carbocycles. The van der Waals surface area contributed by atoms with Gasteiger partial charge in [-0.15, -0.1) is 0 Å². The van der Waals surface area contributed by atoms with Gasteiger partial charge in [-0.1, -0.05) is 0 Å². The van der Waals surface area contributed by atoms with E-state index in [2.05, 4.69) is 42.4 Å². The summed E-state index contributed by atoms with van der Waals surface area (Å²) in [4.78, 5) is 8.17. The van der Waals surface area contributed by atoms with Gasteiger partial charge in [0.1, 0.15) is 0 Å². The molecule has 2 unspecified atom stereocenters. The summed E-state index contributed by atoms with van der Waals surface area (Å²) in [5.41, 5.74) is 0. The van der Waals surface area contributed by atoms with Crippen LogP contribution in [0, 0.1) is 11.8 Å². The van der Waals surface area contributed by atoms with Crippen LogP contribution in [0.15, 0.2) is 0 Å². The first-order chi connectivity index (χ1) is 9.54. The monoisotopic (exact) mass is 279 g/mol. The Labute approximate surface area is 125 Å². The summed E-state index contributed by atoms with van der Waals surface area (Å²) in [5, 5.41) is 0. The zero-order valence-corrected chi connectivity index (χ0v) is 13.9. The summed E-state index contributed by atoms with van der Waals surface area (Å²) in [6.07, 6.45) is 2.79. The summed E-state index contributed by atoms with van der Waals surface area (Å²) in [6, 6.07) is 2.35. The number of likely N-dealkylation sites (tertiary alicyclic amines) is 3. The third-order valence-corrected chi connectivity index (χ3v) is 6.02. The van der Waals surface area contributed by atoms with Crippen LogP contribution in [0.1, 0.15) is 40.5 Å². The molecule has 3 heterocycles. The fraction of sp³-hybridized carbons (Fsp3) is 1.00. The maximum absolute atomic E-state index is 2.84. The topological polar surface area (TPSA) is 9.72 Å². The van der Waals surface area contributed by atoms with E-state index in [0.717, 1.165) is 30.0 Å². The Bertz CT molecular complexity index is 306. The average molecular weight is 279 g/mol. The van der Waals surface area contributed by atoms with Crippen LogP contribution in [-0.2, 0) is 0 Å². The third kappa shape index (κ3) is 2.90. The molecule has 0 radical (unpaired) electrons. The minimum absolute atomic E-state index is 0.730. The summed E-state index contributed by atoms with van der Waals surface area (Å²) < 4.78 is 0. The fourth-order valence-electron chi connectivity index (χ4n) is 4.55. The SMILES string of the molecule is CC(C)N1CCC(N2CC3CN(C(C)C)CC3C2)CC1. The first kappa shape index (κ1) is 14.8. The van der Waals surface area contributed by atoms with Crippen molar-refractivity contribution in [3.05, 3.63) is 0 Å². The molecular formula is C17H33N3. The number of rotatable bonds is 3. The van der Waals surface area contributed by atoms with Gasteiger partial charge >= 0.3 is 0 Å². The van der Waals surface area contributed by atoms with Crippen LogP contribution in [0.4, 0.5) is 0 Å². The number of hydrogen-bond donors (Lipinski definition) is 0. The zero-order valence-electron chi connectivity index (χ0n) is 13.9. The van der Waals surface area contributed by atoms with E-state index in [-0.39, 0.29) is 0 Å². The molecule has 3 fully saturated rings. The van der Waals surface area contributed by atoms with Crippen LogP contribution in [0.3, 0.4) is 0 Å². The second-order valence-corrected chi connectivity index (χ2v) is 7.88. The molecule has 0 aromatic heterocycles. The minimum atomic E-state index is 0.730. The number of piperidine rings is 1. The van der Waals surface area contributed by atoms with E-state index in [1.165, 1.54) is 52.1 Å². The second kappa shape index (κ2) is 5.94. The van der Waals surface area contributed by atoms with Crippen molar-refractivity contribution in [1.29, 1.82) is 0 Å². The van der Waals surface area contributed by atoms with Crippen molar-refractivity contribution in [2.75, 3.05) is 39.3 Å². The molecule has 3 aliphatic heterocycles. The Balaban J connectivity index is 1.48. The standard InChI is InChI=1S/C17H33N3/c1-13(2)18-7-5-17(6-8-18)20-11-15-9-19(14(3)4)10-16(15)12-20/h13-17H,5-12H2,1-4H3. The molecule has 3 aliphatic rings. The molecule has 116 valence electrons. The van der Waals surface area contributed by atoms with Gasteiger partial charge in [-0.2, -0.15) is 0 Å². The maximum Gasteiger partial charge on any atom is 0.0120 e. The Morgan fingerprint density at radius 1 is 0.700 bits per heavy atom. The highest BCUT2D eigenvalue weighted by Crippen LogP contribution is 2.34. The van der Waals surface area contributed by atoms with Gasteiger partial charge in [0, 0.05) is 44.3 Å². The van der Waals surface area contributed by atoms with E-state index in [1.807, 2.05) is 0 Å². The van der Waals surface area contributed by atoms with Gasteiger partial charge in [0.15, 0.2) is 0 Å². The average Bonchev–Trinajstić information content (AvgIpc) is 2.96. The van der Waals surface area contributed by atoms with Crippen LogP contribution >= 0.6 is 0 Å². The van der Waals surface area contributed by atoms with E-state index in [4.69, 9.17) is 0 Å². The molecule has 0 N–H and O–H groups in total. The lowest BCUT2D eigenvalue weighted by molar-refractivity contribution is 0.0975. The second-order valence-electron chi connectivity index (χ2n) is 7.88. The zero-order chi connectivity index (χ0) is 14.3. The highest BCUT2D eigenvalue weighted by Gasteiger charge is 2.42. The molecule has 0 amide bonds. The van der Waals surface area contributed by atoms with E-state index < -0.39 is 0 Å². The number of nitrogens with zero attached hydrogens (tertiary/aromatic N) is 3. The van der Waals surface area contributed by atoms with Gasteiger partial charge < -0.3 is 9.80 Å². The number of hydrogen-bond acceptors (Lipinski definition) is 3. The maximum atomic E-state index is 2.84.